The molecule has 0 aliphatic rings. The van der Waals surface area contributed by atoms with Crippen LogP contribution in [0, 0.1) is 0 Å². The molecule has 0 aromatic heterocycles. The van der Waals surface area contributed by atoms with Gasteiger partial charge < -0.3 is 23.4 Å². The van der Waals surface area contributed by atoms with Crippen LogP contribution < -0.4 is 5.73 Å². The third-order valence-corrected chi connectivity index (χ3v) is 3.90. The quantitative estimate of drug-likeness (QED) is 0.456. The van der Waals surface area contributed by atoms with Crippen molar-refractivity contribution in [3.8, 4) is 0 Å². The highest BCUT2D eigenvalue weighted by Crippen LogP contribution is 2.09. The van der Waals surface area contributed by atoms with Crippen LogP contribution in [0.5, 0.6) is 0 Å². The van der Waals surface area contributed by atoms with Crippen LogP contribution in [0.3, 0.4) is 0 Å². The van der Waals surface area contributed by atoms with Gasteiger partial charge in [0.05, 0.1) is 0 Å². The minimum atomic E-state index is -2.83. The molecule has 0 aliphatic heterocycles. The normalized spacial score (nSPS) is 12.0. The molecule has 6 heteroatoms. The average Bonchev–Trinajstić information content (AvgIpc) is 2.23. The Morgan fingerprint density at radius 2 is 1.71 bits per heavy atom. The molecule has 0 atom stereocenters. The summed E-state index contributed by atoms with van der Waals surface area (Å²) in [6, 6.07) is 0. The molecule has 0 aliphatic carbocycles. The Morgan fingerprint density at radius 1 is 1.07 bits per heavy atom. The van der Waals surface area contributed by atoms with Gasteiger partial charge in [0.15, 0.2) is 0 Å². The minimum Gasteiger partial charge on any atom is -0.355 e. The van der Waals surface area contributed by atoms with Crippen molar-refractivity contribution in [2.45, 2.75) is 19.8 Å². The predicted molar refractivity (Wildman–Crippen MR) is 55.6 cm³/mol. The molecule has 0 aromatic rings. The highest BCUT2D eigenvalue weighted by molar-refractivity contribution is 6.53. The summed E-state index contributed by atoms with van der Waals surface area (Å²) >= 11 is 0. The molecule has 0 unspecified atom stereocenters. The predicted octanol–water partition coefficient (Wildman–Crippen LogP) is 0.507. The van der Waals surface area contributed by atoms with Crippen molar-refractivity contribution in [2.75, 3.05) is 34.0 Å². The first-order valence-corrected chi connectivity index (χ1v) is 6.46. The van der Waals surface area contributed by atoms with Crippen LogP contribution in [0.15, 0.2) is 0 Å². The second-order valence-corrected chi connectivity index (χ2v) is 5.08. The van der Waals surface area contributed by atoms with E-state index < -0.39 is 9.05 Å². The Balaban J connectivity index is 3.82. The van der Waals surface area contributed by atoms with Crippen molar-refractivity contribution < 1.29 is 17.7 Å². The number of unbranched alkanes of at least 4 members (excludes halogenated alkanes) is 1. The number of hydrogen-bond donors (Lipinski definition) is 1. The molecule has 0 fully saturated rings. The molecular weight excluding hydrogens is 202 g/mol. The Kier molecular flexibility index (Phi) is 8.35. The summed E-state index contributed by atoms with van der Waals surface area (Å²) in [5.74, 6) is 0. The fourth-order valence-corrected chi connectivity index (χ4v) is 2.45. The minimum absolute atomic E-state index is 0.519. The van der Waals surface area contributed by atoms with Crippen LogP contribution in [0.2, 0.25) is 0 Å². The molecule has 0 spiro atoms. The van der Waals surface area contributed by atoms with Crippen molar-refractivity contribution in [3.05, 3.63) is 0 Å². The molecule has 5 nitrogen and oxygen atoms in total. The first-order valence-electron chi connectivity index (χ1n) is 4.83. The third kappa shape index (κ3) is 5.04. The van der Waals surface area contributed by atoms with Crippen molar-refractivity contribution in [1.82, 2.24) is 0 Å². The van der Waals surface area contributed by atoms with Crippen molar-refractivity contribution in [3.63, 3.8) is 0 Å². The SMILES string of the molecule is CCO[Si](OC)(OC)OCCCCN. The third-order valence-electron chi connectivity index (χ3n) is 1.70. The van der Waals surface area contributed by atoms with Gasteiger partial charge in [-0.25, -0.2) is 0 Å². The molecule has 2 N–H and O–H groups in total. The summed E-state index contributed by atoms with van der Waals surface area (Å²) in [5.41, 5.74) is 5.36. The molecule has 0 amide bonds. The van der Waals surface area contributed by atoms with Crippen LogP contribution in [-0.2, 0) is 17.7 Å². The van der Waals surface area contributed by atoms with E-state index in [-0.39, 0.29) is 0 Å². The topological polar surface area (TPSA) is 62.9 Å². The van der Waals surface area contributed by atoms with Gasteiger partial charge in [0.1, 0.15) is 0 Å². The van der Waals surface area contributed by atoms with E-state index in [1.54, 1.807) is 0 Å². The molecule has 0 heterocycles. The summed E-state index contributed by atoms with van der Waals surface area (Å²) in [5, 5.41) is 0. The lowest BCUT2D eigenvalue weighted by atomic mass is 10.3. The Morgan fingerprint density at radius 3 is 2.14 bits per heavy atom. The molecule has 0 rings (SSSR count). The van der Waals surface area contributed by atoms with E-state index >= 15 is 0 Å². The maximum atomic E-state index is 5.49. The Labute approximate surface area is 87.0 Å². The van der Waals surface area contributed by atoms with Gasteiger partial charge in [-0.15, -0.1) is 0 Å². The van der Waals surface area contributed by atoms with Crippen LogP contribution in [0.25, 0.3) is 0 Å². The number of hydrogen-bond acceptors (Lipinski definition) is 5. The van der Waals surface area contributed by atoms with Crippen LogP contribution in [-0.4, -0.2) is 43.0 Å². The lowest BCUT2D eigenvalue weighted by Crippen LogP contribution is -2.47. The second kappa shape index (κ2) is 8.34. The second-order valence-electron chi connectivity index (χ2n) is 2.69. The fourth-order valence-electron chi connectivity index (χ4n) is 0.981. The smallest absolute Gasteiger partial charge is 0.355 e. The summed E-state index contributed by atoms with van der Waals surface area (Å²) in [7, 11) is 0.238. The molecule has 0 saturated heterocycles. The van der Waals surface area contributed by atoms with Crippen LogP contribution in [0.1, 0.15) is 19.8 Å². The van der Waals surface area contributed by atoms with E-state index in [0.717, 1.165) is 12.8 Å². The lowest BCUT2D eigenvalue weighted by Gasteiger charge is -2.24. The maximum absolute atomic E-state index is 5.49. The summed E-state index contributed by atoms with van der Waals surface area (Å²) in [4.78, 5) is 0. The molecule has 86 valence electrons. The zero-order valence-corrected chi connectivity index (χ0v) is 10.2. The van der Waals surface area contributed by atoms with Crippen molar-refractivity contribution in [2.24, 2.45) is 5.73 Å². The largest absolute Gasteiger partial charge is 0.679 e. The number of nitrogens with two attached hydrogens (primary N) is 1. The van der Waals surface area contributed by atoms with Gasteiger partial charge in [-0.05, 0) is 26.3 Å². The highest BCUT2D eigenvalue weighted by atomic mass is 28.4. The summed E-state index contributed by atoms with van der Waals surface area (Å²) < 4.78 is 21.1. The zero-order valence-electron chi connectivity index (χ0n) is 9.25. The molecule has 0 aromatic carbocycles. The fraction of sp³-hybridized carbons (Fsp3) is 1.00. The first kappa shape index (κ1) is 14.0. The molecule has 14 heavy (non-hydrogen) atoms. The van der Waals surface area contributed by atoms with E-state index in [1.807, 2.05) is 6.92 Å². The van der Waals surface area contributed by atoms with Crippen LogP contribution in [0.4, 0.5) is 0 Å². The monoisotopic (exact) mass is 223 g/mol. The van der Waals surface area contributed by atoms with E-state index in [2.05, 4.69) is 0 Å². The maximum Gasteiger partial charge on any atom is 0.679 e. The Bertz CT molecular complexity index is 133. The van der Waals surface area contributed by atoms with Gasteiger partial charge in [0.2, 0.25) is 0 Å². The van der Waals surface area contributed by atoms with Gasteiger partial charge in [0.25, 0.3) is 0 Å². The van der Waals surface area contributed by atoms with E-state index in [0.29, 0.717) is 19.8 Å². The van der Waals surface area contributed by atoms with Crippen LogP contribution >= 0.6 is 0 Å². The van der Waals surface area contributed by atoms with E-state index in [9.17, 15) is 0 Å². The average molecular weight is 223 g/mol. The first-order chi connectivity index (χ1) is 6.74. The Hall–Kier alpha value is 0.0169. The van der Waals surface area contributed by atoms with Gasteiger partial charge >= 0.3 is 9.05 Å². The summed E-state index contributed by atoms with van der Waals surface area (Å²) in [6.45, 7) is 3.63. The van der Waals surface area contributed by atoms with Gasteiger partial charge in [-0.2, -0.15) is 0 Å². The van der Waals surface area contributed by atoms with Gasteiger partial charge in [0, 0.05) is 27.4 Å². The lowest BCUT2D eigenvalue weighted by molar-refractivity contribution is -0.00656. The molecule has 0 bridgehead atoms. The molecular formula is C8H21NO4Si. The molecule has 0 saturated carbocycles. The van der Waals surface area contributed by atoms with Gasteiger partial charge in [-0.1, -0.05) is 0 Å². The highest BCUT2D eigenvalue weighted by Gasteiger charge is 2.42. The standard InChI is InChI=1S/C8H21NO4Si/c1-4-12-14(10-2,11-3)13-8-6-5-7-9/h4-9H2,1-3H3. The zero-order chi connectivity index (χ0) is 10.9. The number of rotatable bonds is 9. The van der Waals surface area contributed by atoms with Crippen molar-refractivity contribution in [1.29, 1.82) is 0 Å². The van der Waals surface area contributed by atoms with Crippen molar-refractivity contribution >= 4 is 9.05 Å². The summed E-state index contributed by atoms with van der Waals surface area (Å²) in [6.07, 6.45) is 1.83. The van der Waals surface area contributed by atoms with Gasteiger partial charge in [-0.3, -0.25) is 0 Å². The van der Waals surface area contributed by atoms with E-state index in [4.69, 9.17) is 23.4 Å². The molecule has 0 radical (unpaired) electrons. The van der Waals surface area contributed by atoms with E-state index in [1.165, 1.54) is 14.2 Å².